The van der Waals surface area contributed by atoms with Gasteiger partial charge in [0, 0.05) is 19.3 Å². The minimum Gasteiger partial charge on any atom is -0.363 e. The summed E-state index contributed by atoms with van der Waals surface area (Å²) >= 11 is 6.26. The summed E-state index contributed by atoms with van der Waals surface area (Å²) in [5, 5.41) is 10.6. The molecule has 3 aromatic heterocycles. The molecule has 4 heterocycles. The first-order chi connectivity index (χ1) is 13.5. The highest BCUT2D eigenvalue weighted by atomic mass is 35.5. The number of anilines is 3. The molecule has 1 saturated heterocycles. The van der Waals surface area contributed by atoms with E-state index in [9.17, 15) is 9.18 Å². The molecule has 0 radical (unpaired) electrons. The summed E-state index contributed by atoms with van der Waals surface area (Å²) in [5.74, 6) is 0.374. The second kappa shape index (κ2) is 7.47. The molecule has 2 atom stereocenters. The van der Waals surface area contributed by atoms with E-state index in [-0.39, 0.29) is 24.8 Å². The van der Waals surface area contributed by atoms with Crippen LogP contribution >= 0.6 is 11.6 Å². The Balaban J connectivity index is 1.65. The molecule has 1 fully saturated rings. The van der Waals surface area contributed by atoms with Crippen molar-refractivity contribution in [3.05, 3.63) is 36.3 Å². The van der Waals surface area contributed by atoms with E-state index in [0.717, 1.165) is 0 Å². The van der Waals surface area contributed by atoms with E-state index in [1.54, 1.807) is 11.1 Å². The van der Waals surface area contributed by atoms with Crippen LogP contribution in [-0.4, -0.2) is 56.2 Å². The number of hydrogen-bond donors (Lipinski definition) is 3. The molecule has 11 heteroatoms. The Hall–Kier alpha value is -3.14. The van der Waals surface area contributed by atoms with Crippen LogP contribution in [0.15, 0.2) is 35.8 Å². The Morgan fingerprint density at radius 2 is 2.36 bits per heavy atom. The molecule has 0 spiro atoms. The Morgan fingerprint density at radius 3 is 3.11 bits per heavy atom. The van der Waals surface area contributed by atoms with E-state index < -0.39 is 12.2 Å². The average Bonchev–Trinajstić information content (AvgIpc) is 3.33. The Bertz CT molecular complexity index is 1010. The lowest BCUT2D eigenvalue weighted by molar-refractivity contribution is -0.127. The first kappa shape index (κ1) is 18.2. The molecular weight excluding hydrogens is 389 g/mol. The lowest BCUT2D eigenvalue weighted by Gasteiger charge is -2.35. The number of carbonyl (C=O) groups excluding carboxylic acids is 1. The lowest BCUT2D eigenvalue weighted by atomic mass is 10.0. The number of piperidine rings is 1. The number of aromatic nitrogens is 4. The van der Waals surface area contributed by atoms with E-state index in [2.05, 4.69) is 37.3 Å². The van der Waals surface area contributed by atoms with Crippen LogP contribution in [-0.2, 0) is 4.79 Å². The van der Waals surface area contributed by atoms with Gasteiger partial charge in [0.05, 0.1) is 22.6 Å². The average molecular weight is 406 g/mol. The van der Waals surface area contributed by atoms with Gasteiger partial charge in [-0.1, -0.05) is 23.3 Å². The smallest absolute Gasteiger partial charge is 0.246 e. The highest BCUT2D eigenvalue weighted by molar-refractivity contribution is 6.36. The normalized spacial score (nSPS) is 19.6. The van der Waals surface area contributed by atoms with Crippen LogP contribution < -0.4 is 10.6 Å². The van der Waals surface area contributed by atoms with Gasteiger partial charge < -0.3 is 25.0 Å². The number of nitrogens with zero attached hydrogens (tertiary/aromatic N) is 4. The van der Waals surface area contributed by atoms with Gasteiger partial charge in [-0.15, -0.1) is 0 Å². The molecule has 3 aromatic rings. The summed E-state index contributed by atoms with van der Waals surface area (Å²) < 4.78 is 19.3. The standard InChI is InChI=1S/C17H17ClFN7O2/c1-2-13(27)26-4-3-11(19)12(7-26)23-16-14-10(18)6-20-15(14)24-17(25-16)22-9-5-21-28-8-9/h2,5-6,8,11-12H,1,3-4,7H2,(H3,20,22,23,24,25)/t11-,12+/m1/s1. The third kappa shape index (κ3) is 3.50. The zero-order valence-corrected chi connectivity index (χ0v) is 15.4. The molecule has 1 aliphatic rings. The van der Waals surface area contributed by atoms with Gasteiger partial charge in [-0.2, -0.15) is 9.97 Å². The number of aromatic amines is 1. The number of fused-ring (bicyclic) bond motifs is 1. The molecule has 4 rings (SSSR count). The van der Waals surface area contributed by atoms with Crippen LogP contribution in [0.5, 0.6) is 0 Å². The summed E-state index contributed by atoms with van der Waals surface area (Å²) in [6.45, 7) is 4.02. The molecule has 0 saturated carbocycles. The van der Waals surface area contributed by atoms with Crippen molar-refractivity contribution >= 4 is 46.0 Å². The predicted molar refractivity (Wildman–Crippen MR) is 102 cm³/mol. The van der Waals surface area contributed by atoms with Crippen LogP contribution in [0, 0.1) is 0 Å². The van der Waals surface area contributed by atoms with E-state index in [4.69, 9.17) is 16.1 Å². The molecule has 0 bridgehead atoms. The van der Waals surface area contributed by atoms with Gasteiger partial charge in [0.25, 0.3) is 0 Å². The highest BCUT2D eigenvalue weighted by Gasteiger charge is 2.31. The number of likely N-dealkylation sites (tertiary alicyclic amines) is 1. The van der Waals surface area contributed by atoms with Gasteiger partial charge in [-0.05, 0) is 12.5 Å². The second-order valence-electron chi connectivity index (χ2n) is 6.34. The Morgan fingerprint density at radius 1 is 1.50 bits per heavy atom. The van der Waals surface area contributed by atoms with Gasteiger partial charge in [0.1, 0.15) is 29.6 Å². The van der Waals surface area contributed by atoms with E-state index in [0.29, 0.717) is 34.1 Å². The minimum atomic E-state index is -1.15. The highest BCUT2D eigenvalue weighted by Crippen LogP contribution is 2.31. The topological polar surface area (TPSA) is 112 Å². The van der Waals surface area contributed by atoms with Gasteiger partial charge >= 0.3 is 0 Å². The summed E-state index contributed by atoms with van der Waals surface area (Å²) in [4.78, 5) is 25.2. The molecule has 0 aliphatic carbocycles. The quantitative estimate of drug-likeness (QED) is 0.559. The predicted octanol–water partition coefficient (Wildman–Crippen LogP) is 2.88. The maximum Gasteiger partial charge on any atom is 0.246 e. The van der Waals surface area contributed by atoms with Crippen molar-refractivity contribution in [2.45, 2.75) is 18.6 Å². The molecule has 9 nitrogen and oxygen atoms in total. The molecule has 3 N–H and O–H groups in total. The van der Waals surface area contributed by atoms with Crippen molar-refractivity contribution in [3.8, 4) is 0 Å². The second-order valence-corrected chi connectivity index (χ2v) is 6.75. The Labute approximate surface area is 163 Å². The van der Waals surface area contributed by atoms with Crippen molar-refractivity contribution in [1.29, 1.82) is 0 Å². The van der Waals surface area contributed by atoms with Crippen molar-refractivity contribution in [1.82, 2.24) is 25.0 Å². The van der Waals surface area contributed by atoms with Gasteiger partial charge in [-0.25, -0.2) is 4.39 Å². The van der Waals surface area contributed by atoms with Crippen LogP contribution in [0.4, 0.5) is 21.8 Å². The fraction of sp³-hybridized carbons (Fsp3) is 0.294. The number of hydrogen-bond acceptors (Lipinski definition) is 7. The Kier molecular flexibility index (Phi) is 4.86. The number of H-pyrrole nitrogens is 1. The third-order valence-electron chi connectivity index (χ3n) is 4.51. The number of nitrogens with one attached hydrogen (secondary N) is 3. The van der Waals surface area contributed by atoms with Crippen LogP contribution in [0.2, 0.25) is 5.02 Å². The largest absolute Gasteiger partial charge is 0.363 e. The lowest BCUT2D eigenvalue weighted by Crippen LogP contribution is -2.50. The third-order valence-corrected chi connectivity index (χ3v) is 4.81. The maximum absolute atomic E-state index is 14.6. The van der Waals surface area contributed by atoms with Crippen molar-refractivity contribution in [3.63, 3.8) is 0 Å². The molecule has 146 valence electrons. The number of amides is 1. The minimum absolute atomic E-state index is 0.188. The molecule has 28 heavy (non-hydrogen) atoms. The zero-order chi connectivity index (χ0) is 19.7. The summed E-state index contributed by atoms with van der Waals surface area (Å²) in [6.07, 6.45) is 4.75. The number of carbonyl (C=O) groups is 1. The van der Waals surface area contributed by atoms with Gasteiger partial charge in [-0.3, -0.25) is 4.79 Å². The first-order valence-electron chi connectivity index (χ1n) is 8.58. The SMILES string of the molecule is C=CC(=O)N1CC[C@@H](F)[C@@H](Nc2nc(Nc3cnoc3)nc3[nH]cc(Cl)c23)C1. The van der Waals surface area contributed by atoms with Crippen LogP contribution in [0.1, 0.15) is 6.42 Å². The first-order valence-corrected chi connectivity index (χ1v) is 8.96. The van der Waals surface area contributed by atoms with Crippen LogP contribution in [0.3, 0.4) is 0 Å². The van der Waals surface area contributed by atoms with Crippen molar-refractivity contribution < 1.29 is 13.7 Å². The van der Waals surface area contributed by atoms with Crippen molar-refractivity contribution in [2.75, 3.05) is 23.7 Å². The molecular formula is C17H17ClFN7O2. The van der Waals surface area contributed by atoms with Gasteiger partial charge in [0.2, 0.25) is 11.9 Å². The van der Waals surface area contributed by atoms with Crippen LogP contribution in [0.25, 0.3) is 11.0 Å². The van der Waals surface area contributed by atoms with E-state index in [1.165, 1.54) is 18.5 Å². The fourth-order valence-corrected chi connectivity index (χ4v) is 3.35. The summed E-state index contributed by atoms with van der Waals surface area (Å²) in [6, 6.07) is -0.648. The fourth-order valence-electron chi connectivity index (χ4n) is 3.12. The maximum atomic E-state index is 14.6. The number of halogens is 2. The number of rotatable bonds is 5. The zero-order valence-electron chi connectivity index (χ0n) is 14.7. The monoisotopic (exact) mass is 405 g/mol. The molecule has 0 aromatic carbocycles. The van der Waals surface area contributed by atoms with Crippen molar-refractivity contribution in [2.24, 2.45) is 0 Å². The van der Waals surface area contributed by atoms with Gasteiger partial charge in [0.15, 0.2) is 0 Å². The number of alkyl halides is 1. The van der Waals surface area contributed by atoms with E-state index in [1.807, 2.05) is 0 Å². The van der Waals surface area contributed by atoms with E-state index >= 15 is 0 Å². The molecule has 1 amide bonds. The summed E-state index contributed by atoms with van der Waals surface area (Å²) in [5.41, 5.74) is 1.04. The molecule has 0 unspecified atom stereocenters. The summed E-state index contributed by atoms with van der Waals surface area (Å²) in [7, 11) is 0. The molecule has 1 aliphatic heterocycles.